The zero-order valence-corrected chi connectivity index (χ0v) is 19.5. The van der Waals surface area contributed by atoms with E-state index in [-0.39, 0.29) is 23.3 Å². The molecule has 4 rings (SSSR count). The summed E-state index contributed by atoms with van der Waals surface area (Å²) in [6.45, 7) is 6.08. The molecule has 2 heterocycles. The number of nitrogens with zero attached hydrogens (tertiary/aromatic N) is 4. The third kappa shape index (κ3) is 6.35. The third-order valence-corrected chi connectivity index (χ3v) is 6.88. The van der Waals surface area contributed by atoms with Crippen molar-refractivity contribution in [3.63, 3.8) is 0 Å². The Morgan fingerprint density at radius 2 is 1.91 bits per heavy atom. The van der Waals surface area contributed by atoms with Crippen LogP contribution in [0.2, 0.25) is 0 Å². The van der Waals surface area contributed by atoms with Crippen molar-refractivity contribution in [3.05, 3.63) is 35.7 Å². The Labute approximate surface area is 197 Å². The third-order valence-electron chi connectivity index (χ3n) is 6.88. The number of piperazine rings is 1. The van der Waals surface area contributed by atoms with E-state index < -0.39 is 11.7 Å². The van der Waals surface area contributed by atoms with Crippen molar-refractivity contribution in [2.24, 2.45) is 5.92 Å². The van der Waals surface area contributed by atoms with Crippen LogP contribution in [0.1, 0.15) is 56.5 Å². The Balaban J connectivity index is 1.26. The second-order valence-electron chi connectivity index (χ2n) is 9.33. The van der Waals surface area contributed by atoms with Crippen LogP contribution in [0.3, 0.4) is 0 Å². The Hall–Kier alpha value is -2.46. The Kier molecular flexibility index (Phi) is 7.88. The van der Waals surface area contributed by atoms with Gasteiger partial charge >= 0.3 is 6.18 Å². The molecule has 1 aromatic heterocycles. The van der Waals surface area contributed by atoms with E-state index in [0.29, 0.717) is 18.4 Å². The molecule has 0 radical (unpaired) electrons. The molecule has 186 valence electrons. The molecule has 1 aromatic carbocycles. The highest BCUT2D eigenvalue weighted by Gasteiger charge is 2.31. The molecule has 2 fully saturated rings. The number of aromatic nitrogens is 2. The van der Waals surface area contributed by atoms with Crippen molar-refractivity contribution in [2.45, 2.75) is 51.2 Å². The molecule has 0 spiro atoms. The molecule has 1 N–H and O–H groups in total. The van der Waals surface area contributed by atoms with Crippen molar-refractivity contribution in [1.29, 1.82) is 0 Å². The lowest BCUT2D eigenvalue weighted by Gasteiger charge is -2.36. The summed E-state index contributed by atoms with van der Waals surface area (Å²) in [6.07, 6.45) is 1.83. The number of halogens is 3. The maximum atomic E-state index is 13.0. The van der Waals surface area contributed by atoms with Crippen LogP contribution in [0.15, 0.2) is 28.8 Å². The maximum absolute atomic E-state index is 13.0. The van der Waals surface area contributed by atoms with Crippen LogP contribution in [0.4, 0.5) is 13.2 Å². The molecule has 34 heavy (non-hydrogen) atoms. The van der Waals surface area contributed by atoms with Crippen LogP contribution >= 0.6 is 0 Å². The average molecular weight is 480 g/mol. The molecular formula is C24H32F3N5O2. The number of hydrogen-bond acceptors (Lipinski definition) is 6. The molecule has 1 saturated carbocycles. The Morgan fingerprint density at radius 1 is 1.18 bits per heavy atom. The van der Waals surface area contributed by atoms with Gasteiger partial charge in [-0.1, -0.05) is 36.6 Å². The number of carbonyl (C=O) groups is 1. The van der Waals surface area contributed by atoms with Gasteiger partial charge in [0.1, 0.15) is 0 Å². The van der Waals surface area contributed by atoms with Crippen molar-refractivity contribution in [3.8, 4) is 11.4 Å². The highest BCUT2D eigenvalue weighted by atomic mass is 19.4. The molecule has 2 aromatic rings. The number of alkyl halides is 3. The van der Waals surface area contributed by atoms with Gasteiger partial charge < -0.3 is 9.84 Å². The molecule has 7 nitrogen and oxygen atoms in total. The number of nitrogens with one attached hydrogen (secondary N) is 1. The summed E-state index contributed by atoms with van der Waals surface area (Å²) in [5.74, 6) is 1.20. The van der Waals surface area contributed by atoms with Gasteiger partial charge in [0.15, 0.2) is 0 Å². The summed E-state index contributed by atoms with van der Waals surface area (Å²) in [7, 11) is 0. The lowest BCUT2D eigenvalue weighted by atomic mass is 9.89. The summed E-state index contributed by atoms with van der Waals surface area (Å²) in [6, 6.07) is 4.74. The average Bonchev–Trinajstić information content (AvgIpc) is 3.33. The zero-order valence-electron chi connectivity index (χ0n) is 19.5. The minimum Gasteiger partial charge on any atom is -0.355 e. The van der Waals surface area contributed by atoms with E-state index in [2.05, 4.69) is 25.3 Å². The fourth-order valence-electron chi connectivity index (χ4n) is 4.73. The molecule has 1 aliphatic heterocycles. The van der Waals surface area contributed by atoms with E-state index in [9.17, 15) is 18.0 Å². The molecule has 1 unspecified atom stereocenters. The Bertz CT molecular complexity index is 950. The van der Waals surface area contributed by atoms with E-state index in [4.69, 9.17) is 4.52 Å². The van der Waals surface area contributed by atoms with Gasteiger partial charge in [0.05, 0.1) is 18.2 Å². The summed E-state index contributed by atoms with van der Waals surface area (Å²) in [4.78, 5) is 21.0. The monoisotopic (exact) mass is 479 g/mol. The number of hydrogen-bond donors (Lipinski definition) is 1. The van der Waals surface area contributed by atoms with Gasteiger partial charge in [0.2, 0.25) is 17.6 Å². The first-order valence-electron chi connectivity index (χ1n) is 12.0. The van der Waals surface area contributed by atoms with Gasteiger partial charge in [0.25, 0.3) is 0 Å². The van der Waals surface area contributed by atoms with Gasteiger partial charge in [0, 0.05) is 38.3 Å². The van der Waals surface area contributed by atoms with E-state index in [1.165, 1.54) is 44.2 Å². The van der Waals surface area contributed by atoms with Crippen LogP contribution in [-0.4, -0.2) is 65.1 Å². The molecule has 1 saturated heterocycles. The molecule has 10 heteroatoms. The quantitative estimate of drug-likeness (QED) is 0.644. The standard InChI is InChI=1S/C24H32F3N5O2/c1-17(23-29-22(30-34-23)19-8-5-9-20(14-19)24(25,26)27)32-12-10-31(11-13-32)16-21(33)28-15-18-6-3-2-4-7-18/h5,8-9,14,17-18H,2-4,6-7,10-13,15-16H2,1H3,(H,28,33). The molecule has 2 aliphatic rings. The van der Waals surface area contributed by atoms with Crippen LogP contribution in [0.25, 0.3) is 11.4 Å². The second kappa shape index (κ2) is 10.9. The molecule has 1 aliphatic carbocycles. The van der Waals surface area contributed by atoms with E-state index in [1.807, 2.05) is 6.92 Å². The van der Waals surface area contributed by atoms with Crippen LogP contribution < -0.4 is 5.32 Å². The summed E-state index contributed by atoms with van der Waals surface area (Å²) in [5, 5.41) is 6.99. The van der Waals surface area contributed by atoms with E-state index >= 15 is 0 Å². The minimum absolute atomic E-state index is 0.0784. The smallest absolute Gasteiger partial charge is 0.355 e. The van der Waals surface area contributed by atoms with Crippen molar-refractivity contribution in [2.75, 3.05) is 39.3 Å². The minimum atomic E-state index is -4.43. The number of amides is 1. The maximum Gasteiger partial charge on any atom is 0.416 e. The van der Waals surface area contributed by atoms with Gasteiger partial charge in [-0.15, -0.1) is 0 Å². The predicted molar refractivity (Wildman–Crippen MR) is 121 cm³/mol. The van der Waals surface area contributed by atoms with Crippen molar-refractivity contribution in [1.82, 2.24) is 25.3 Å². The van der Waals surface area contributed by atoms with Crippen LogP contribution in [-0.2, 0) is 11.0 Å². The summed E-state index contributed by atoms with van der Waals surface area (Å²) >= 11 is 0. The fourth-order valence-corrected chi connectivity index (χ4v) is 4.73. The lowest BCUT2D eigenvalue weighted by Crippen LogP contribution is -2.50. The highest BCUT2D eigenvalue weighted by Crippen LogP contribution is 2.32. The first kappa shape index (κ1) is 24.7. The van der Waals surface area contributed by atoms with Crippen LogP contribution in [0, 0.1) is 5.92 Å². The SMILES string of the molecule is CC(c1nc(-c2cccc(C(F)(F)F)c2)no1)N1CCN(CC(=O)NCC2CCCCC2)CC1. The molecular weight excluding hydrogens is 447 g/mol. The van der Waals surface area contributed by atoms with Crippen molar-refractivity contribution < 1.29 is 22.5 Å². The summed E-state index contributed by atoms with van der Waals surface area (Å²) in [5.41, 5.74) is -0.482. The van der Waals surface area contributed by atoms with Gasteiger partial charge in [-0.05, 0) is 37.8 Å². The highest BCUT2D eigenvalue weighted by molar-refractivity contribution is 5.78. The van der Waals surface area contributed by atoms with Gasteiger partial charge in [-0.2, -0.15) is 18.2 Å². The normalized spacial score (nSPS) is 19.8. The molecule has 1 amide bonds. The summed E-state index contributed by atoms with van der Waals surface area (Å²) < 4.78 is 44.4. The van der Waals surface area contributed by atoms with E-state index in [1.54, 1.807) is 0 Å². The topological polar surface area (TPSA) is 74.5 Å². The lowest BCUT2D eigenvalue weighted by molar-refractivity contribution is -0.137. The first-order chi connectivity index (χ1) is 16.3. The predicted octanol–water partition coefficient (Wildman–Crippen LogP) is 4.13. The number of rotatable bonds is 7. The van der Waals surface area contributed by atoms with E-state index in [0.717, 1.165) is 44.9 Å². The van der Waals surface area contributed by atoms with Crippen LogP contribution in [0.5, 0.6) is 0 Å². The van der Waals surface area contributed by atoms with Gasteiger partial charge in [-0.25, -0.2) is 0 Å². The number of carbonyl (C=O) groups excluding carboxylic acids is 1. The largest absolute Gasteiger partial charge is 0.416 e. The first-order valence-corrected chi connectivity index (χ1v) is 12.0. The second-order valence-corrected chi connectivity index (χ2v) is 9.33. The zero-order chi connectivity index (χ0) is 24.1. The number of benzene rings is 1. The fraction of sp³-hybridized carbons (Fsp3) is 0.625. The molecule has 1 atom stereocenters. The Morgan fingerprint density at radius 3 is 2.62 bits per heavy atom. The van der Waals surface area contributed by atoms with Crippen molar-refractivity contribution >= 4 is 5.91 Å². The van der Waals surface area contributed by atoms with Gasteiger partial charge in [-0.3, -0.25) is 14.6 Å². The molecule has 0 bridgehead atoms.